The SMILES string of the molecule is [Cl][Sn][CH2]CC[CH2][SnH]([Cl])[Cl]. The van der Waals surface area contributed by atoms with Crippen molar-refractivity contribution < 1.29 is 0 Å². The molecule has 0 bridgehead atoms. The Morgan fingerprint density at radius 3 is 2.33 bits per heavy atom. The summed E-state index contributed by atoms with van der Waals surface area (Å²) in [6.45, 7) is 0. The second-order valence-electron chi connectivity index (χ2n) is 1.77. The van der Waals surface area contributed by atoms with Gasteiger partial charge in [0.2, 0.25) is 0 Å². The van der Waals surface area contributed by atoms with Crippen LogP contribution in [0, 0.1) is 0 Å². The van der Waals surface area contributed by atoms with E-state index < -0.39 is 37.5 Å². The van der Waals surface area contributed by atoms with E-state index in [0.29, 0.717) is 0 Å². The first-order chi connectivity index (χ1) is 4.27. The van der Waals surface area contributed by atoms with Crippen molar-refractivity contribution in [2.45, 2.75) is 21.7 Å². The van der Waals surface area contributed by atoms with E-state index >= 15 is 0 Å². The second-order valence-corrected chi connectivity index (χ2v) is 18.2. The molecule has 0 unspecified atom stereocenters. The van der Waals surface area contributed by atoms with Gasteiger partial charge in [0.05, 0.1) is 0 Å². The molecule has 0 aliphatic carbocycles. The van der Waals surface area contributed by atoms with Gasteiger partial charge in [-0.3, -0.25) is 0 Å². The Morgan fingerprint density at radius 1 is 1.22 bits per heavy atom. The molecule has 0 nitrogen and oxygen atoms in total. The Bertz CT molecular complexity index is 59.8. The fourth-order valence-electron chi connectivity index (χ4n) is 0.490. The van der Waals surface area contributed by atoms with E-state index in [1.807, 2.05) is 0 Å². The van der Waals surface area contributed by atoms with Crippen LogP contribution in [0.25, 0.3) is 0 Å². The van der Waals surface area contributed by atoms with Crippen LogP contribution in [0.15, 0.2) is 0 Å². The molecule has 0 N–H and O–H groups in total. The molecule has 0 amide bonds. The predicted octanol–water partition coefficient (Wildman–Crippen LogP) is 2.74. The van der Waals surface area contributed by atoms with E-state index in [1.165, 1.54) is 17.3 Å². The van der Waals surface area contributed by atoms with Crippen LogP contribution in [-0.4, -0.2) is 37.5 Å². The van der Waals surface area contributed by atoms with Crippen LogP contribution in [0.4, 0.5) is 0 Å². The quantitative estimate of drug-likeness (QED) is 0.492. The summed E-state index contributed by atoms with van der Waals surface area (Å²) in [4.78, 5) is 0. The van der Waals surface area contributed by atoms with Gasteiger partial charge in [-0.1, -0.05) is 0 Å². The molecular weight excluding hydrogens is 392 g/mol. The van der Waals surface area contributed by atoms with Gasteiger partial charge in [-0.2, -0.15) is 0 Å². The van der Waals surface area contributed by atoms with Gasteiger partial charge < -0.3 is 0 Å². The Labute approximate surface area is 84.7 Å². The number of hydrogen-bond donors (Lipinski definition) is 0. The molecule has 0 saturated heterocycles. The van der Waals surface area contributed by atoms with Crippen LogP contribution in [0.3, 0.4) is 0 Å². The van der Waals surface area contributed by atoms with Crippen molar-refractivity contribution in [3.63, 3.8) is 0 Å². The minimum absolute atomic E-state index is 0.443. The number of hydrogen-bond acceptors (Lipinski definition) is 0. The first-order valence-corrected chi connectivity index (χ1v) is 19.2. The zero-order valence-corrected chi connectivity index (χ0v) is 13.5. The Kier molecular flexibility index (Phi) is 10.9. The molecule has 0 saturated carbocycles. The number of unbranched alkanes of at least 4 members (excludes halogenated alkanes) is 1. The van der Waals surface area contributed by atoms with Crippen molar-refractivity contribution in [2.24, 2.45) is 0 Å². The summed E-state index contributed by atoms with van der Waals surface area (Å²) < 4.78 is 2.40. The van der Waals surface area contributed by atoms with Crippen molar-refractivity contribution in [3.8, 4) is 0 Å². The summed E-state index contributed by atoms with van der Waals surface area (Å²) in [5, 5.41) is 0. The van der Waals surface area contributed by atoms with Crippen LogP contribution < -0.4 is 0 Å². The van der Waals surface area contributed by atoms with E-state index in [-0.39, 0.29) is 0 Å². The molecule has 0 atom stereocenters. The number of rotatable bonds is 5. The summed E-state index contributed by atoms with van der Waals surface area (Å²) in [7, 11) is 17.1. The van der Waals surface area contributed by atoms with Gasteiger partial charge in [0.15, 0.2) is 0 Å². The maximum atomic E-state index is 5.71. The topological polar surface area (TPSA) is 0 Å². The van der Waals surface area contributed by atoms with Crippen molar-refractivity contribution in [2.75, 3.05) is 0 Å². The van der Waals surface area contributed by atoms with E-state index in [9.17, 15) is 0 Å². The van der Waals surface area contributed by atoms with Gasteiger partial charge in [0, 0.05) is 0 Å². The van der Waals surface area contributed by atoms with Crippen LogP contribution in [0.5, 0.6) is 0 Å². The zero-order valence-electron chi connectivity index (χ0n) is 5.04. The van der Waals surface area contributed by atoms with Gasteiger partial charge >= 0.3 is 86.0 Å². The summed E-state index contributed by atoms with van der Waals surface area (Å²) in [6.07, 6.45) is 2.49. The molecule has 0 aliphatic heterocycles. The Balaban J connectivity index is 2.75. The molecule has 0 aromatic heterocycles. The predicted molar refractivity (Wildman–Crippen MR) is 49.3 cm³/mol. The minimum atomic E-state index is -1.87. The van der Waals surface area contributed by atoms with Crippen LogP contribution in [-0.2, 0) is 0 Å². The molecule has 0 spiro atoms. The molecule has 2 radical (unpaired) electrons. The van der Waals surface area contributed by atoms with Crippen molar-refractivity contribution in [1.82, 2.24) is 0 Å². The average Bonchev–Trinajstić information content (AvgIpc) is 1.80. The fraction of sp³-hybridized carbons (Fsp3) is 1.00. The molecule has 0 heterocycles. The normalized spacial score (nSPS) is 10.7. The van der Waals surface area contributed by atoms with Crippen molar-refractivity contribution in [3.05, 3.63) is 0 Å². The third-order valence-electron chi connectivity index (χ3n) is 0.944. The van der Waals surface area contributed by atoms with Crippen LogP contribution in [0.2, 0.25) is 8.87 Å². The monoisotopic (exact) mass is 402 g/mol. The molecule has 0 rings (SSSR count). The third-order valence-corrected chi connectivity index (χ3v) is 9.10. The molecule has 54 valence electrons. The Morgan fingerprint density at radius 2 is 1.89 bits per heavy atom. The molecule has 0 aromatic carbocycles. The summed E-state index contributed by atoms with van der Waals surface area (Å²) >= 11 is -2.31. The molecular formula is C4H9Cl3Sn2. The molecule has 0 fully saturated rings. The first kappa shape index (κ1) is 11.5. The van der Waals surface area contributed by atoms with Gasteiger partial charge in [0.25, 0.3) is 0 Å². The second kappa shape index (κ2) is 8.56. The molecule has 0 aliphatic rings. The van der Waals surface area contributed by atoms with Crippen LogP contribution >= 0.6 is 26.8 Å². The van der Waals surface area contributed by atoms with Gasteiger partial charge in [-0.05, 0) is 0 Å². The van der Waals surface area contributed by atoms with E-state index in [1.54, 1.807) is 0 Å². The van der Waals surface area contributed by atoms with Gasteiger partial charge in [-0.15, -0.1) is 0 Å². The summed E-state index contributed by atoms with van der Waals surface area (Å²) in [6, 6.07) is 0. The molecule has 5 heteroatoms. The number of halogens is 3. The zero-order chi connectivity index (χ0) is 7.11. The van der Waals surface area contributed by atoms with Crippen molar-refractivity contribution in [1.29, 1.82) is 0 Å². The average molecular weight is 401 g/mol. The van der Waals surface area contributed by atoms with Gasteiger partial charge in [0.1, 0.15) is 0 Å². The van der Waals surface area contributed by atoms with Crippen LogP contribution in [0.1, 0.15) is 12.8 Å². The van der Waals surface area contributed by atoms with E-state index in [2.05, 4.69) is 0 Å². The third kappa shape index (κ3) is 10.5. The first-order valence-electron chi connectivity index (χ1n) is 2.89. The summed E-state index contributed by atoms with van der Waals surface area (Å²) in [5.41, 5.74) is 0. The molecule has 0 aromatic rings. The Hall–Kier alpha value is 2.47. The fourth-order valence-corrected chi connectivity index (χ4v) is 6.26. The standard InChI is InChI=1S/C4H8.3ClH.2Sn.H/c1-3-4-2;;;;;;/h1-4H2;3*1H;;;/q;;;;+1;+2;/p-3. The van der Waals surface area contributed by atoms with E-state index in [0.717, 1.165) is 4.44 Å². The summed E-state index contributed by atoms with van der Waals surface area (Å²) in [5.74, 6) is 0. The van der Waals surface area contributed by atoms with Crippen molar-refractivity contribution >= 4 is 64.3 Å². The maximum absolute atomic E-state index is 5.71. The van der Waals surface area contributed by atoms with Gasteiger partial charge in [-0.25, -0.2) is 0 Å². The van der Waals surface area contributed by atoms with E-state index in [4.69, 9.17) is 26.8 Å². The molecule has 9 heavy (non-hydrogen) atoms.